The highest BCUT2D eigenvalue weighted by atomic mass is 35.5. The molecule has 0 amide bonds. The van der Waals surface area contributed by atoms with E-state index in [0.29, 0.717) is 21.5 Å². The van der Waals surface area contributed by atoms with Crippen molar-refractivity contribution in [3.8, 4) is 34.9 Å². The second kappa shape index (κ2) is 8.90. The number of pyridine rings is 2. The minimum absolute atomic E-state index is 0.101. The number of hydrogen-bond acceptors (Lipinski definition) is 6. The third-order valence-corrected chi connectivity index (χ3v) is 3.98. The molecular formula is C18H12Cl2F2N2O4. The van der Waals surface area contributed by atoms with Crippen LogP contribution in [0.5, 0.6) is 34.9 Å². The van der Waals surface area contributed by atoms with Crippen molar-refractivity contribution >= 4 is 23.2 Å². The number of rotatable bonds is 7. The first kappa shape index (κ1) is 19.9. The Morgan fingerprint density at radius 2 is 1.46 bits per heavy atom. The summed E-state index contributed by atoms with van der Waals surface area (Å²) in [5, 5.41) is 0.707. The maximum atomic E-state index is 12.3. The number of hydrogen-bond donors (Lipinski definition) is 0. The smallest absolute Gasteiger partial charge is 0.388 e. The first-order chi connectivity index (χ1) is 13.4. The van der Waals surface area contributed by atoms with E-state index in [4.69, 9.17) is 37.4 Å². The maximum absolute atomic E-state index is 12.3. The Balaban J connectivity index is 1.83. The van der Waals surface area contributed by atoms with Crippen molar-refractivity contribution in [3.05, 3.63) is 58.7 Å². The van der Waals surface area contributed by atoms with Crippen LogP contribution in [0.25, 0.3) is 0 Å². The molecule has 0 aliphatic rings. The molecule has 0 saturated carbocycles. The van der Waals surface area contributed by atoms with Gasteiger partial charge in [-0.2, -0.15) is 13.8 Å². The lowest BCUT2D eigenvalue weighted by molar-refractivity contribution is -0.0529. The normalized spacial score (nSPS) is 10.6. The van der Waals surface area contributed by atoms with Crippen LogP contribution in [0.1, 0.15) is 0 Å². The summed E-state index contributed by atoms with van der Waals surface area (Å²) >= 11 is 11.9. The number of aromatic nitrogens is 2. The van der Waals surface area contributed by atoms with Gasteiger partial charge in [0, 0.05) is 30.5 Å². The molecule has 146 valence electrons. The summed E-state index contributed by atoms with van der Waals surface area (Å²) in [6, 6.07) is 10.4. The molecule has 0 saturated heterocycles. The summed E-state index contributed by atoms with van der Waals surface area (Å²) in [5.74, 6) is 0.958. The van der Waals surface area contributed by atoms with E-state index in [1.807, 2.05) is 0 Å². The average molecular weight is 429 g/mol. The average Bonchev–Trinajstić information content (AvgIpc) is 2.64. The van der Waals surface area contributed by atoms with Crippen molar-refractivity contribution < 1.29 is 27.7 Å². The molecule has 0 spiro atoms. The van der Waals surface area contributed by atoms with E-state index in [-0.39, 0.29) is 23.4 Å². The van der Waals surface area contributed by atoms with Gasteiger partial charge in [0.05, 0.1) is 17.2 Å². The Bertz CT molecular complexity index is 976. The lowest BCUT2D eigenvalue weighted by Crippen LogP contribution is -2.03. The zero-order chi connectivity index (χ0) is 20.1. The van der Waals surface area contributed by atoms with Gasteiger partial charge in [-0.05, 0) is 18.2 Å². The van der Waals surface area contributed by atoms with E-state index in [0.717, 1.165) is 0 Å². The molecule has 28 heavy (non-hydrogen) atoms. The standard InChI is InChI=1S/C18H12Cl2F2N2O4/c1-25-12-8-16(26-10-2-3-13(19)14(20)6-10)24-17(9-12)27-11-4-5-23-15(7-11)28-18(21)22/h2-9,18H,1H3. The Morgan fingerprint density at radius 3 is 2.07 bits per heavy atom. The van der Waals surface area contributed by atoms with Crippen molar-refractivity contribution in [1.29, 1.82) is 0 Å². The summed E-state index contributed by atoms with van der Waals surface area (Å²) in [7, 11) is 1.46. The zero-order valence-electron chi connectivity index (χ0n) is 14.2. The van der Waals surface area contributed by atoms with E-state index in [1.165, 1.54) is 43.6 Å². The maximum Gasteiger partial charge on any atom is 0.388 e. The van der Waals surface area contributed by atoms with Crippen LogP contribution in [-0.4, -0.2) is 23.7 Å². The Kier molecular flexibility index (Phi) is 6.33. The molecule has 10 heteroatoms. The van der Waals surface area contributed by atoms with Crippen molar-refractivity contribution in [1.82, 2.24) is 9.97 Å². The van der Waals surface area contributed by atoms with Crippen LogP contribution in [-0.2, 0) is 0 Å². The summed E-state index contributed by atoms with van der Waals surface area (Å²) in [5.41, 5.74) is 0. The number of ether oxygens (including phenoxy) is 4. The van der Waals surface area contributed by atoms with Crippen molar-refractivity contribution in [2.45, 2.75) is 6.61 Å². The van der Waals surface area contributed by atoms with E-state index < -0.39 is 6.61 Å². The molecular weight excluding hydrogens is 417 g/mol. The summed E-state index contributed by atoms with van der Waals surface area (Å²) in [4.78, 5) is 7.87. The number of alkyl halides is 2. The van der Waals surface area contributed by atoms with Gasteiger partial charge in [-0.15, -0.1) is 0 Å². The van der Waals surface area contributed by atoms with Crippen LogP contribution in [0.4, 0.5) is 8.78 Å². The highest BCUT2D eigenvalue weighted by molar-refractivity contribution is 6.42. The van der Waals surface area contributed by atoms with Crippen molar-refractivity contribution in [2.24, 2.45) is 0 Å². The van der Waals surface area contributed by atoms with Crippen LogP contribution < -0.4 is 18.9 Å². The zero-order valence-corrected chi connectivity index (χ0v) is 15.7. The first-order valence-corrected chi connectivity index (χ1v) is 8.46. The second-order valence-corrected chi connectivity index (χ2v) is 5.99. The molecule has 0 fully saturated rings. The molecule has 0 radical (unpaired) electrons. The monoisotopic (exact) mass is 428 g/mol. The van der Waals surface area contributed by atoms with Crippen LogP contribution in [0.3, 0.4) is 0 Å². The van der Waals surface area contributed by atoms with Crippen molar-refractivity contribution in [2.75, 3.05) is 7.11 Å². The minimum atomic E-state index is -3.00. The van der Waals surface area contributed by atoms with Gasteiger partial charge >= 0.3 is 6.61 Å². The summed E-state index contributed by atoms with van der Waals surface area (Å²) in [6.45, 7) is -3.00. The van der Waals surface area contributed by atoms with Gasteiger partial charge in [0.1, 0.15) is 17.2 Å². The molecule has 0 N–H and O–H groups in total. The molecule has 2 aromatic heterocycles. The van der Waals surface area contributed by atoms with E-state index in [1.54, 1.807) is 12.1 Å². The van der Waals surface area contributed by atoms with E-state index >= 15 is 0 Å². The van der Waals surface area contributed by atoms with Gasteiger partial charge in [0.15, 0.2) is 0 Å². The number of nitrogens with zero attached hydrogens (tertiary/aromatic N) is 2. The van der Waals surface area contributed by atoms with E-state index in [2.05, 4.69) is 14.7 Å². The molecule has 0 unspecified atom stereocenters. The van der Waals surface area contributed by atoms with Crippen molar-refractivity contribution in [3.63, 3.8) is 0 Å². The van der Waals surface area contributed by atoms with Crippen LogP contribution in [0.2, 0.25) is 10.0 Å². The van der Waals surface area contributed by atoms with Crippen LogP contribution in [0.15, 0.2) is 48.7 Å². The lowest BCUT2D eigenvalue weighted by atomic mass is 10.3. The topological polar surface area (TPSA) is 62.7 Å². The molecule has 2 heterocycles. The molecule has 0 aliphatic heterocycles. The van der Waals surface area contributed by atoms with Gasteiger partial charge in [-0.25, -0.2) is 4.98 Å². The third-order valence-electron chi connectivity index (χ3n) is 3.24. The van der Waals surface area contributed by atoms with E-state index in [9.17, 15) is 8.78 Å². The summed E-state index contributed by atoms with van der Waals surface area (Å²) < 4.78 is 45.3. The predicted octanol–water partition coefficient (Wildman–Crippen LogP) is 5.98. The molecule has 3 aromatic rings. The first-order valence-electron chi connectivity index (χ1n) is 7.70. The third kappa shape index (κ3) is 5.34. The largest absolute Gasteiger partial charge is 0.496 e. The quantitative estimate of drug-likeness (QED) is 0.461. The second-order valence-electron chi connectivity index (χ2n) is 5.17. The SMILES string of the molecule is COc1cc(Oc2ccnc(OC(F)F)c2)nc(Oc2ccc(Cl)c(Cl)c2)c1. The molecule has 1 aromatic carbocycles. The highest BCUT2D eigenvalue weighted by Crippen LogP contribution is 2.33. The predicted molar refractivity (Wildman–Crippen MR) is 98.3 cm³/mol. The van der Waals surface area contributed by atoms with Gasteiger partial charge in [-0.3, -0.25) is 0 Å². The number of halogens is 4. The Morgan fingerprint density at radius 1 is 0.821 bits per heavy atom. The van der Waals surface area contributed by atoms with Gasteiger partial charge in [0.2, 0.25) is 17.6 Å². The summed E-state index contributed by atoms with van der Waals surface area (Å²) in [6.07, 6.45) is 1.26. The number of methoxy groups -OCH3 is 1. The Hall–Kier alpha value is -2.84. The van der Waals surface area contributed by atoms with Crippen LogP contribution in [0, 0.1) is 0 Å². The fraction of sp³-hybridized carbons (Fsp3) is 0.111. The molecule has 3 rings (SSSR count). The molecule has 0 aliphatic carbocycles. The van der Waals surface area contributed by atoms with Gasteiger partial charge in [-0.1, -0.05) is 23.2 Å². The minimum Gasteiger partial charge on any atom is -0.496 e. The Labute approximate surface area is 168 Å². The molecule has 6 nitrogen and oxygen atoms in total. The molecule has 0 bridgehead atoms. The number of benzene rings is 1. The fourth-order valence-electron chi connectivity index (χ4n) is 2.07. The molecule has 0 atom stereocenters. The van der Waals surface area contributed by atoms with Crippen LogP contribution >= 0.6 is 23.2 Å². The van der Waals surface area contributed by atoms with Gasteiger partial charge < -0.3 is 18.9 Å². The lowest BCUT2D eigenvalue weighted by Gasteiger charge is -2.11. The van der Waals surface area contributed by atoms with Gasteiger partial charge in [0.25, 0.3) is 0 Å². The highest BCUT2D eigenvalue weighted by Gasteiger charge is 2.11. The fourth-order valence-corrected chi connectivity index (χ4v) is 2.36.